The first-order valence-electron chi connectivity index (χ1n) is 8.93. The van der Waals surface area contributed by atoms with Crippen LogP contribution in [0.25, 0.3) is 0 Å². The van der Waals surface area contributed by atoms with Gasteiger partial charge in [-0.05, 0) is 33.1 Å². The highest BCUT2D eigenvalue weighted by Gasteiger charge is 2.31. The molecule has 1 fully saturated rings. The van der Waals surface area contributed by atoms with E-state index in [1.807, 2.05) is 32.1 Å². The van der Waals surface area contributed by atoms with Crippen LogP contribution in [-0.4, -0.2) is 31.6 Å². The quantitative estimate of drug-likeness (QED) is 0.237. The van der Waals surface area contributed by atoms with Crippen molar-refractivity contribution >= 4 is 5.97 Å². The average molecular weight is 336 g/mol. The fourth-order valence-corrected chi connectivity index (χ4v) is 2.58. The molecule has 4 nitrogen and oxygen atoms in total. The monoisotopic (exact) mass is 336 g/mol. The van der Waals surface area contributed by atoms with E-state index in [0.29, 0.717) is 0 Å². The van der Waals surface area contributed by atoms with Crippen LogP contribution in [0, 0.1) is 0 Å². The number of carbonyl (C=O) groups is 1. The van der Waals surface area contributed by atoms with Crippen LogP contribution >= 0.6 is 0 Å². The van der Waals surface area contributed by atoms with E-state index in [-0.39, 0.29) is 17.9 Å². The van der Waals surface area contributed by atoms with Crippen molar-refractivity contribution in [3.63, 3.8) is 0 Å². The molecule has 136 valence electrons. The second-order valence-corrected chi connectivity index (χ2v) is 6.49. The molecule has 1 atom stereocenters. The fourth-order valence-electron chi connectivity index (χ4n) is 2.58. The third-order valence-corrected chi connectivity index (χ3v) is 3.87. The Labute approximate surface area is 146 Å². The number of rotatable bonds is 11. The molecule has 0 bridgehead atoms. The second-order valence-electron chi connectivity index (χ2n) is 6.49. The van der Waals surface area contributed by atoms with Gasteiger partial charge < -0.3 is 14.2 Å². The molecule has 0 radical (unpaired) electrons. The van der Waals surface area contributed by atoms with E-state index in [4.69, 9.17) is 9.47 Å². The number of allylic oxidation sites excluding steroid dienone is 5. The van der Waals surface area contributed by atoms with Gasteiger partial charge in [0.25, 0.3) is 0 Å². The molecule has 0 N–H and O–H groups in total. The van der Waals surface area contributed by atoms with Crippen LogP contribution in [0.5, 0.6) is 0 Å². The van der Waals surface area contributed by atoms with E-state index < -0.39 is 0 Å². The van der Waals surface area contributed by atoms with Crippen LogP contribution in [0.1, 0.15) is 58.8 Å². The van der Waals surface area contributed by atoms with Gasteiger partial charge in [-0.2, -0.15) is 0 Å². The summed E-state index contributed by atoms with van der Waals surface area (Å²) in [7, 11) is 1.37. The molecule has 1 aliphatic heterocycles. The second kappa shape index (κ2) is 12.0. The number of carbonyl (C=O) groups excluding carboxylic acids is 1. The first-order chi connectivity index (χ1) is 11.5. The summed E-state index contributed by atoms with van der Waals surface area (Å²) in [5, 5.41) is 0. The van der Waals surface area contributed by atoms with E-state index in [1.165, 1.54) is 45.3 Å². The minimum absolute atomic E-state index is 0.281. The number of hydrogen-bond acceptors (Lipinski definition) is 4. The maximum Gasteiger partial charge on any atom is 0.330 e. The molecule has 0 saturated carbocycles. The van der Waals surface area contributed by atoms with Crippen LogP contribution in [0.4, 0.5) is 0 Å². The molecule has 0 aliphatic carbocycles. The standard InChI is InChI=1S/C20H32O4/c1-20(2)23-17-18(24-20)15-13-11-9-7-5-4-6-8-10-12-14-16-19(21)22-3/h6,8,10,12,14,16,18H,4-5,7,9,11,13,15,17H2,1-3H3/b8-6+,12-10+,16-14+. The van der Waals surface area contributed by atoms with Crippen molar-refractivity contribution in [3.8, 4) is 0 Å². The van der Waals surface area contributed by atoms with Crippen molar-refractivity contribution in [2.75, 3.05) is 13.7 Å². The van der Waals surface area contributed by atoms with Gasteiger partial charge in [-0.1, -0.05) is 56.1 Å². The third-order valence-electron chi connectivity index (χ3n) is 3.87. The van der Waals surface area contributed by atoms with Gasteiger partial charge in [-0.3, -0.25) is 0 Å². The molecule has 1 rings (SSSR count). The zero-order valence-corrected chi connectivity index (χ0v) is 15.3. The van der Waals surface area contributed by atoms with Crippen LogP contribution in [0.2, 0.25) is 0 Å². The van der Waals surface area contributed by atoms with Crippen molar-refractivity contribution in [3.05, 3.63) is 36.5 Å². The van der Waals surface area contributed by atoms with Crippen LogP contribution in [0.3, 0.4) is 0 Å². The smallest absolute Gasteiger partial charge is 0.330 e. The minimum Gasteiger partial charge on any atom is -0.466 e. The predicted molar refractivity (Wildman–Crippen MR) is 96.7 cm³/mol. The minimum atomic E-state index is -0.388. The molecule has 4 heteroatoms. The lowest BCUT2D eigenvalue weighted by molar-refractivity contribution is -0.139. The number of ether oxygens (including phenoxy) is 3. The Kier molecular flexibility index (Phi) is 10.4. The molecular formula is C20H32O4. The topological polar surface area (TPSA) is 44.8 Å². The van der Waals surface area contributed by atoms with Gasteiger partial charge in [0.1, 0.15) is 0 Å². The van der Waals surface area contributed by atoms with Crippen LogP contribution in [-0.2, 0) is 19.0 Å². The Balaban J connectivity index is 1.90. The first-order valence-corrected chi connectivity index (χ1v) is 8.93. The number of unbranched alkanes of at least 4 members (excludes halogenated alkanes) is 5. The lowest BCUT2D eigenvalue weighted by Gasteiger charge is -2.16. The molecule has 1 saturated heterocycles. The number of esters is 1. The fraction of sp³-hybridized carbons (Fsp3) is 0.650. The Morgan fingerprint density at radius 1 is 1.08 bits per heavy atom. The summed E-state index contributed by atoms with van der Waals surface area (Å²) < 4.78 is 15.9. The van der Waals surface area contributed by atoms with Gasteiger partial charge in [-0.15, -0.1) is 0 Å². The molecule has 0 spiro atoms. The number of methoxy groups -OCH3 is 1. The Morgan fingerprint density at radius 2 is 1.79 bits per heavy atom. The van der Waals surface area contributed by atoms with Gasteiger partial charge in [0.15, 0.2) is 5.79 Å². The highest BCUT2D eigenvalue weighted by molar-refractivity contribution is 5.82. The van der Waals surface area contributed by atoms with Gasteiger partial charge in [0, 0.05) is 6.08 Å². The van der Waals surface area contributed by atoms with Crippen LogP contribution in [0.15, 0.2) is 36.5 Å². The average Bonchev–Trinajstić information content (AvgIpc) is 2.90. The van der Waals surface area contributed by atoms with Gasteiger partial charge in [0.2, 0.25) is 0 Å². The van der Waals surface area contributed by atoms with Crippen molar-refractivity contribution in [2.45, 2.75) is 70.7 Å². The van der Waals surface area contributed by atoms with E-state index in [1.54, 1.807) is 6.08 Å². The maximum atomic E-state index is 10.8. The highest BCUT2D eigenvalue weighted by Crippen LogP contribution is 2.25. The summed E-state index contributed by atoms with van der Waals surface area (Å²) in [6, 6.07) is 0. The molecule has 0 aromatic rings. The lowest BCUT2D eigenvalue weighted by atomic mass is 10.1. The van der Waals surface area contributed by atoms with Crippen molar-refractivity contribution in [2.24, 2.45) is 0 Å². The molecule has 24 heavy (non-hydrogen) atoms. The van der Waals surface area contributed by atoms with E-state index in [9.17, 15) is 4.79 Å². The van der Waals surface area contributed by atoms with Gasteiger partial charge in [0.05, 0.1) is 19.8 Å². The first kappa shape index (κ1) is 20.7. The molecule has 0 amide bonds. The summed E-state index contributed by atoms with van der Waals surface area (Å²) in [5.74, 6) is -0.722. The van der Waals surface area contributed by atoms with Crippen molar-refractivity contribution in [1.82, 2.24) is 0 Å². The Morgan fingerprint density at radius 3 is 2.50 bits per heavy atom. The number of hydrogen-bond donors (Lipinski definition) is 0. The molecule has 1 aliphatic rings. The van der Waals surface area contributed by atoms with Crippen LogP contribution < -0.4 is 0 Å². The largest absolute Gasteiger partial charge is 0.466 e. The Bertz CT molecular complexity index is 435. The molecular weight excluding hydrogens is 304 g/mol. The van der Waals surface area contributed by atoms with Crippen molar-refractivity contribution < 1.29 is 19.0 Å². The predicted octanol–water partition coefficient (Wildman–Crippen LogP) is 4.71. The molecule has 1 heterocycles. The summed E-state index contributed by atoms with van der Waals surface area (Å²) in [6.07, 6.45) is 19.7. The summed E-state index contributed by atoms with van der Waals surface area (Å²) in [4.78, 5) is 10.8. The zero-order chi connectivity index (χ0) is 17.7. The van der Waals surface area contributed by atoms with Gasteiger partial charge >= 0.3 is 5.97 Å². The lowest BCUT2D eigenvalue weighted by Crippen LogP contribution is -2.21. The summed E-state index contributed by atoms with van der Waals surface area (Å²) in [5.41, 5.74) is 0. The zero-order valence-electron chi connectivity index (χ0n) is 15.3. The normalized spacial score (nSPS) is 20.5. The SMILES string of the molecule is COC(=O)/C=C/C=C/C=C/CCCCCCCC1COC(C)(C)O1. The molecule has 1 unspecified atom stereocenters. The third kappa shape index (κ3) is 10.4. The highest BCUT2D eigenvalue weighted by atomic mass is 16.7. The molecule has 0 aromatic carbocycles. The molecule has 0 aromatic heterocycles. The Hall–Kier alpha value is -1.39. The van der Waals surface area contributed by atoms with Crippen molar-refractivity contribution in [1.29, 1.82) is 0 Å². The van der Waals surface area contributed by atoms with Gasteiger partial charge in [-0.25, -0.2) is 4.79 Å². The maximum absolute atomic E-state index is 10.8. The van der Waals surface area contributed by atoms with E-state index in [0.717, 1.165) is 19.4 Å². The van der Waals surface area contributed by atoms with E-state index in [2.05, 4.69) is 10.8 Å². The van der Waals surface area contributed by atoms with E-state index >= 15 is 0 Å². The summed E-state index contributed by atoms with van der Waals surface area (Å²) >= 11 is 0. The summed E-state index contributed by atoms with van der Waals surface area (Å²) in [6.45, 7) is 4.69.